The van der Waals surface area contributed by atoms with E-state index in [0.717, 1.165) is 6.42 Å². The zero-order valence-corrected chi connectivity index (χ0v) is 12.2. The van der Waals surface area contributed by atoms with Crippen molar-refractivity contribution in [3.8, 4) is 11.6 Å². The molecule has 0 atom stereocenters. The molecule has 0 saturated carbocycles. The summed E-state index contributed by atoms with van der Waals surface area (Å²) in [4.78, 5) is 31.7. The Morgan fingerprint density at radius 3 is 2.74 bits per heavy atom. The highest BCUT2D eigenvalue weighted by molar-refractivity contribution is 5.93. The van der Waals surface area contributed by atoms with E-state index in [-0.39, 0.29) is 17.6 Å². The Hall–Kier alpha value is -3.16. The number of rotatable bonds is 4. The van der Waals surface area contributed by atoms with E-state index in [9.17, 15) is 9.59 Å². The average Bonchev–Trinajstić information content (AvgIpc) is 2.58. The van der Waals surface area contributed by atoms with E-state index >= 15 is 0 Å². The molecular weight excluding hydrogens is 298 g/mol. The molecule has 0 unspecified atom stereocenters. The van der Waals surface area contributed by atoms with E-state index in [1.807, 2.05) is 18.2 Å². The number of nitrogens with zero attached hydrogens (tertiary/aromatic N) is 3. The van der Waals surface area contributed by atoms with Gasteiger partial charge in [-0.3, -0.25) is 10.2 Å². The van der Waals surface area contributed by atoms with Crippen molar-refractivity contribution in [2.75, 3.05) is 13.1 Å². The van der Waals surface area contributed by atoms with Crippen molar-refractivity contribution in [1.82, 2.24) is 25.7 Å². The van der Waals surface area contributed by atoms with Gasteiger partial charge >= 0.3 is 6.03 Å². The average molecular weight is 313 g/mol. The monoisotopic (exact) mass is 313 g/mol. The molecule has 2 heterocycles. The fraction of sp³-hybridized carbons (Fsp3) is 0.200. The van der Waals surface area contributed by atoms with Gasteiger partial charge in [-0.1, -0.05) is 18.2 Å². The van der Waals surface area contributed by atoms with Crippen LogP contribution in [0.5, 0.6) is 11.6 Å². The van der Waals surface area contributed by atoms with Gasteiger partial charge in [0.15, 0.2) is 0 Å². The second-order valence-corrected chi connectivity index (χ2v) is 4.83. The maximum absolute atomic E-state index is 12.1. The zero-order valence-electron chi connectivity index (χ0n) is 12.2. The van der Waals surface area contributed by atoms with E-state index in [0.29, 0.717) is 18.8 Å². The lowest BCUT2D eigenvalue weighted by atomic mass is 10.3. The number of hydrogen-bond donors (Lipinski definition) is 2. The van der Waals surface area contributed by atoms with Crippen molar-refractivity contribution in [3.63, 3.8) is 0 Å². The molecular formula is C15H15N5O3. The molecule has 1 aromatic heterocycles. The Labute approximate surface area is 132 Å². The number of hydrogen-bond acceptors (Lipinski definition) is 5. The number of nitrogens with one attached hydrogen (secondary N) is 2. The van der Waals surface area contributed by atoms with Crippen LogP contribution in [0.15, 0.2) is 42.7 Å². The van der Waals surface area contributed by atoms with Crippen LogP contribution in [-0.2, 0) is 0 Å². The first-order valence-electron chi connectivity index (χ1n) is 7.14. The number of amides is 3. The molecule has 0 radical (unpaired) electrons. The molecule has 0 spiro atoms. The van der Waals surface area contributed by atoms with E-state index in [2.05, 4.69) is 20.7 Å². The van der Waals surface area contributed by atoms with Gasteiger partial charge in [0.1, 0.15) is 11.4 Å². The Bertz CT molecular complexity index is 690. The van der Waals surface area contributed by atoms with Crippen molar-refractivity contribution in [2.24, 2.45) is 0 Å². The summed E-state index contributed by atoms with van der Waals surface area (Å²) in [6.45, 7) is 1.07. The molecule has 0 bridgehead atoms. The van der Waals surface area contributed by atoms with Gasteiger partial charge < -0.3 is 10.1 Å². The second-order valence-electron chi connectivity index (χ2n) is 4.83. The normalized spacial score (nSPS) is 14.1. The summed E-state index contributed by atoms with van der Waals surface area (Å²) in [5, 5.41) is 3.87. The molecule has 1 fully saturated rings. The summed E-state index contributed by atoms with van der Waals surface area (Å²) in [6, 6.07) is 8.81. The Morgan fingerprint density at radius 1 is 1.22 bits per heavy atom. The fourth-order valence-electron chi connectivity index (χ4n) is 2.01. The van der Waals surface area contributed by atoms with E-state index in [1.54, 1.807) is 12.1 Å². The summed E-state index contributed by atoms with van der Waals surface area (Å²) in [5.41, 5.74) is 2.59. The van der Waals surface area contributed by atoms with Crippen LogP contribution in [0.2, 0.25) is 0 Å². The quantitative estimate of drug-likeness (QED) is 0.887. The maximum atomic E-state index is 12.1. The lowest BCUT2D eigenvalue weighted by Crippen LogP contribution is -2.54. The molecule has 1 aliphatic rings. The summed E-state index contributed by atoms with van der Waals surface area (Å²) in [7, 11) is 0. The summed E-state index contributed by atoms with van der Waals surface area (Å²) < 4.78 is 5.50. The van der Waals surface area contributed by atoms with Gasteiger partial charge in [-0.25, -0.2) is 19.8 Å². The molecule has 8 heteroatoms. The number of aromatic nitrogens is 2. The number of benzene rings is 1. The molecule has 3 rings (SSSR count). The van der Waals surface area contributed by atoms with Crippen LogP contribution < -0.4 is 15.5 Å². The first-order chi connectivity index (χ1) is 11.2. The predicted molar refractivity (Wildman–Crippen MR) is 80.7 cm³/mol. The summed E-state index contributed by atoms with van der Waals surface area (Å²) >= 11 is 0. The third kappa shape index (κ3) is 3.73. The van der Waals surface area contributed by atoms with Gasteiger partial charge in [-0.05, 0) is 18.6 Å². The maximum Gasteiger partial charge on any atom is 0.336 e. The number of para-hydroxylation sites is 1. The van der Waals surface area contributed by atoms with Crippen LogP contribution in [-0.4, -0.2) is 40.0 Å². The minimum atomic E-state index is -0.499. The molecule has 1 aromatic carbocycles. The van der Waals surface area contributed by atoms with Crippen LogP contribution in [0.4, 0.5) is 4.79 Å². The largest absolute Gasteiger partial charge is 0.438 e. The molecule has 23 heavy (non-hydrogen) atoms. The molecule has 2 N–H and O–H groups in total. The third-order valence-corrected chi connectivity index (χ3v) is 3.14. The van der Waals surface area contributed by atoms with Crippen molar-refractivity contribution < 1.29 is 14.3 Å². The molecule has 1 saturated heterocycles. The molecule has 3 amide bonds. The SMILES string of the molecule is O=C(NN1CCCNC1=O)c1cnc(Oc2ccccc2)cn1. The smallest absolute Gasteiger partial charge is 0.336 e. The molecule has 0 aliphatic carbocycles. The molecule has 2 aromatic rings. The zero-order chi connectivity index (χ0) is 16.1. The van der Waals surface area contributed by atoms with Crippen LogP contribution in [0.25, 0.3) is 0 Å². The van der Waals surface area contributed by atoms with E-state index < -0.39 is 5.91 Å². The lowest BCUT2D eigenvalue weighted by Gasteiger charge is -2.27. The Balaban J connectivity index is 1.62. The third-order valence-electron chi connectivity index (χ3n) is 3.14. The van der Waals surface area contributed by atoms with Crippen LogP contribution >= 0.6 is 0 Å². The van der Waals surface area contributed by atoms with E-state index in [1.165, 1.54) is 17.4 Å². The minimum absolute atomic E-state index is 0.101. The van der Waals surface area contributed by atoms with Crippen molar-refractivity contribution >= 4 is 11.9 Å². The highest BCUT2D eigenvalue weighted by atomic mass is 16.5. The first-order valence-corrected chi connectivity index (χ1v) is 7.14. The number of hydrazine groups is 1. The second kappa shape index (κ2) is 6.73. The van der Waals surface area contributed by atoms with Gasteiger partial charge in [0.2, 0.25) is 5.88 Å². The van der Waals surface area contributed by atoms with Crippen LogP contribution in [0.1, 0.15) is 16.9 Å². The van der Waals surface area contributed by atoms with Gasteiger partial charge in [0.25, 0.3) is 5.91 Å². The van der Waals surface area contributed by atoms with Gasteiger partial charge in [-0.2, -0.15) is 0 Å². The fourth-order valence-corrected chi connectivity index (χ4v) is 2.01. The highest BCUT2D eigenvalue weighted by Crippen LogP contribution is 2.17. The summed E-state index contributed by atoms with van der Waals surface area (Å²) in [5.74, 6) is 0.410. The highest BCUT2D eigenvalue weighted by Gasteiger charge is 2.20. The minimum Gasteiger partial charge on any atom is -0.438 e. The molecule has 1 aliphatic heterocycles. The van der Waals surface area contributed by atoms with Crippen LogP contribution in [0.3, 0.4) is 0 Å². The number of carbonyl (C=O) groups is 2. The van der Waals surface area contributed by atoms with Crippen molar-refractivity contribution in [2.45, 2.75) is 6.42 Å². The Morgan fingerprint density at radius 2 is 2.04 bits per heavy atom. The first kappa shape index (κ1) is 14.8. The van der Waals surface area contributed by atoms with Crippen molar-refractivity contribution in [1.29, 1.82) is 0 Å². The number of carbonyl (C=O) groups excluding carboxylic acids is 2. The van der Waals surface area contributed by atoms with Gasteiger partial charge in [0, 0.05) is 13.1 Å². The topological polar surface area (TPSA) is 96.5 Å². The number of ether oxygens (including phenoxy) is 1. The standard InChI is InChI=1S/C15H15N5O3/c21-14(19-20-8-4-7-16-15(20)22)12-9-18-13(10-17-12)23-11-5-2-1-3-6-11/h1-3,5-6,9-10H,4,7-8H2,(H,16,22)(H,19,21). The Kier molecular flexibility index (Phi) is 4.32. The van der Waals surface area contributed by atoms with Gasteiger partial charge in [-0.15, -0.1) is 0 Å². The number of urea groups is 1. The van der Waals surface area contributed by atoms with E-state index in [4.69, 9.17) is 4.74 Å². The van der Waals surface area contributed by atoms with Gasteiger partial charge in [0.05, 0.1) is 12.4 Å². The van der Waals surface area contributed by atoms with Crippen LogP contribution in [0, 0.1) is 0 Å². The molecule has 118 valence electrons. The van der Waals surface area contributed by atoms with Crippen molar-refractivity contribution in [3.05, 3.63) is 48.4 Å². The lowest BCUT2D eigenvalue weighted by molar-refractivity contribution is 0.0803. The summed E-state index contributed by atoms with van der Waals surface area (Å²) in [6.07, 6.45) is 3.43. The molecule has 8 nitrogen and oxygen atoms in total. The predicted octanol–water partition coefficient (Wildman–Crippen LogP) is 1.33.